The molecule has 2 aromatic carbocycles. The van der Waals surface area contributed by atoms with Gasteiger partial charge in [0.15, 0.2) is 5.78 Å². The van der Waals surface area contributed by atoms with E-state index in [4.69, 9.17) is 4.74 Å². The Bertz CT molecular complexity index is 871. The molecule has 3 nitrogen and oxygen atoms in total. The molecule has 0 aliphatic heterocycles. The molecule has 0 amide bonds. The van der Waals surface area contributed by atoms with Crippen LogP contribution >= 0.6 is 15.9 Å². The Balaban J connectivity index is 1.80. The largest absolute Gasteiger partial charge is 0.457 e. The number of hydrogen-bond donors (Lipinski definition) is 0. The van der Waals surface area contributed by atoms with Crippen molar-refractivity contribution in [2.45, 2.75) is 13.8 Å². The number of carbonyl (C=O) groups is 1. The lowest BCUT2D eigenvalue weighted by atomic mass is 10.1. The SMILES string of the molecule is CC(=O)c1ccc(-c2ccc(Oc3ccc(Br)cc3)cc2)nc1C. The lowest BCUT2D eigenvalue weighted by Crippen LogP contribution is -1.99. The fourth-order valence-corrected chi connectivity index (χ4v) is 2.69. The first-order valence-corrected chi connectivity index (χ1v) is 8.34. The van der Waals surface area contributed by atoms with Gasteiger partial charge in [-0.1, -0.05) is 15.9 Å². The molecular formula is C20H16BrNO2. The highest BCUT2D eigenvalue weighted by Crippen LogP contribution is 2.26. The number of ketones is 1. The third-order valence-electron chi connectivity index (χ3n) is 3.66. The van der Waals surface area contributed by atoms with Gasteiger partial charge in [0.05, 0.1) is 5.69 Å². The first kappa shape index (κ1) is 16.4. The van der Waals surface area contributed by atoms with Gasteiger partial charge in [0, 0.05) is 21.3 Å². The number of halogens is 1. The molecule has 0 unspecified atom stereocenters. The summed E-state index contributed by atoms with van der Waals surface area (Å²) in [5, 5.41) is 0. The minimum absolute atomic E-state index is 0.0322. The maximum absolute atomic E-state index is 11.5. The average molecular weight is 382 g/mol. The Hall–Kier alpha value is -2.46. The summed E-state index contributed by atoms with van der Waals surface area (Å²) in [7, 11) is 0. The van der Waals surface area contributed by atoms with Crippen molar-refractivity contribution in [1.82, 2.24) is 4.98 Å². The lowest BCUT2D eigenvalue weighted by Gasteiger charge is -2.08. The van der Waals surface area contributed by atoms with Gasteiger partial charge in [-0.25, -0.2) is 0 Å². The Morgan fingerprint density at radius 1 is 0.917 bits per heavy atom. The lowest BCUT2D eigenvalue weighted by molar-refractivity contribution is 0.101. The number of aryl methyl sites for hydroxylation is 1. The van der Waals surface area contributed by atoms with Gasteiger partial charge in [-0.2, -0.15) is 0 Å². The molecule has 0 atom stereocenters. The quantitative estimate of drug-likeness (QED) is 0.534. The summed E-state index contributed by atoms with van der Waals surface area (Å²) in [5.41, 5.74) is 3.23. The molecule has 0 spiro atoms. The third-order valence-corrected chi connectivity index (χ3v) is 4.19. The molecule has 3 rings (SSSR count). The predicted octanol–water partition coefficient (Wildman–Crippen LogP) is 5.81. The van der Waals surface area contributed by atoms with Gasteiger partial charge in [-0.3, -0.25) is 9.78 Å². The number of carbonyl (C=O) groups excluding carboxylic acids is 1. The summed E-state index contributed by atoms with van der Waals surface area (Å²) in [4.78, 5) is 16.0. The molecule has 0 saturated heterocycles. The highest BCUT2D eigenvalue weighted by atomic mass is 79.9. The van der Waals surface area contributed by atoms with Gasteiger partial charge in [-0.15, -0.1) is 0 Å². The summed E-state index contributed by atoms with van der Waals surface area (Å²) in [6.45, 7) is 3.41. The molecule has 1 heterocycles. The van der Waals surface area contributed by atoms with Crippen LogP contribution in [0.4, 0.5) is 0 Å². The second-order valence-electron chi connectivity index (χ2n) is 5.47. The monoisotopic (exact) mass is 381 g/mol. The van der Waals surface area contributed by atoms with Gasteiger partial charge >= 0.3 is 0 Å². The molecule has 0 radical (unpaired) electrons. The minimum Gasteiger partial charge on any atom is -0.457 e. The van der Waals surface area contributed by atoms with Crippen LogP contribution in [0.3, 0.4) is 0 Å². The smallest absolute Gasteiger partial charge is 0.161 e. The van der Waals surface area contributed by atoms with E-state index in [-0.39, 0.29) is 5.78 Å². The molecule has 0 aliphatic rings. The Morgan fingerprint density at radius 2 is 1.50 bits per heavy atom. The maximum atomic E-state index is 11.5. The Kier molecular flexibility index (Phi) is 4.76. The van der Waals surface area contributed by atoms with E-state index in [1.807, 2.05) is 67.6 Å². The van der Waals surface area contributed by atoms with Gasteiger partial charge in [-0.05, 0) is 74.5 Å². The van der Waals surface area contributed by atoms with Crippen molar-refractivity contribution in [3.63, 3.8) is 0 Å². The van der Waals surface area contributed by atoms with Crippen molar-refractivity contribution in [3.8, 4) is 22.8 Å². The van der Waals surface area contributed by atoms with E-state index < -0.39 is 0 Å². The van der Waals surface area contributed by atoms with Crippen molar-refractivity contribution in [2.75, 3.05) is 0 Å². The van der Waals surface area contributed by atoms with Gasteiger partial charge < -0.3 is 4.74 Å². The molecule has 24 heavy (non-hydrogen) atoms. The van der Waals surface area contributed by atoms with Crippen molar-refractivity contribution >= 4 is 21.7 Å². The van der Waals surface area contributed by atoms with E-state index in [0.29, 0.717) is 5.56 Å². The van der Waals surface area contributed by atoms with E-state index in [0.717, 1.165) is 32.9 Å². The van der Waals surface area contributed by atoms with Crippen LogP contribution in [0, 0.1) is 6.92 Å². The number of ether oxygens (including phenoxy) is 1. The number of aromatic nitrogens is 1. The van der Waals surface area contributed by atoms with Gasteiger partial charge in [0.2, 0.25) is 0 Å². The topological polar surface area (TPSA) is 39.2 Å². The summed E-state index contributed by atoms with van der Waals surface area (Å²) in [6, 6.07) is 19.1. The van der Waals surface area contributed by atoms with Crippen LogP contribution in [0.2, 0.25) is 0 Å². The number of rotatable bonds is 4. The zero-order chi connectivity index (χ0) is 17.1. The Labute approximate surface area is 149 Å². The number of benzene rings is 2. The molecule has 0 N–H and O–H groups in total. The molecule has 3 aromatic rings. The number of Topliss-reactive ketones (excluding diaryl/α,β-unsaturated/α-hetero) is 1. The standard InChI is InChI=1S/C20H16BrNO2/c1-13-19(14(2)23)11-12-20(22-13)15-3-7-17(8-4-15)24-18-9-5-16(21)6-10-18/h3-12H,1-2H3. The molecule has 4 heteroatoms. The molecule has 0 fully saturated rings. The second-order valence-corrected chi connectivity index (χ2v) is 6.38. The van der Waals surface area contributed by atoms with Crippen LogP contribution in [0.15, 0.2) is 65.1 Å². The zero-order valence-electron chi connectivity index (χ0n) is 13.4. The normalized spacial score (nSPS) is 10.5. The molecule has 0 bridgehead atoms. The fourth-order valence-electron chi connectivity index (χ4n) is 2.43. The third kappa shape index (κ3) is 3.71. The van der Waals surface area contributed by atoms with Crippen LogP contribution in [0.5, 0.6) is 11.5 Å². The summed E-state index contributed by atoms with van der Waals surface area (Å²) in [6.07, 6.45) is 0. The molecule has 120 valence electrons. The first-order chi connectivity index (χ1) is 11.5. The maximum Gasteiger partial charge on any atom is 0.161 e. The van der Waals surface area contributed by atoms with Crippen LogP contribution in [-0.2, 0) is 0 Å². The predicted molar refractivity (Wildman–Crippen MR) is 98.6 cm³/mol. The Morgan fingerprint density at radius 3 is 2.04 bits per heavy atom. The molecule has 0 aliphatic carbocycles. The molecule has 1 aromatic heterocycles. The van der Waals surface area contributed by atoms with Crippen LogP contribution in [0.1, 0.15) is 23.0 Å². The van der Waals surface area contributed by atoms with E-state index in [9.17, 15) is 4.79 Å². The second kappa shape index (κ2) is 6.97. The van der Waals surface area contributed by atoms with Crippen LogP contribution in [0.25, 0.3) is 11.3 Å². The van der Waals surface area contributed by atoms with Crippen molar-refractivity contribution in [3.05, 3.63) is 76.4 Å². The highest BCUT2D eigenvalue weighted by Gasteiger charge is 2.07. The number of nitrogens with zero attached hydrogens (tertiary/aromatic N) is 1. The fraction of sp³-hybridized carbons (Fsp3) is 0.100. The first-order valence-electron chi connectivity index (χ1n) is 7.55. The van der Waals surface area contributed by atoms with Crippen molar-refractivity contribution in [1.29, 1.82) is 0 Å². The minimum atomic E-state index is 0.0322. The number of pyridine rings is 1. The van der Waals surface area contributed by atoms with Gasteiger partial charge in [0.1, 0.15) is 11.5 Å². The van der Waals surface area contributed by atoms with Crippen LogP contribution in [-0.4, -0.2) is 10.8 Å². The molecular weight excluding hydrogens is 366 g/mol. The average Bonchev–Trinajstić information content (AvgIpc) is 2.57. The summed E-state index contributed by atoms with van der Waals surface area (Å²) >= 11 is 3.40. The van der Waals surface area contributed by atoms with Crippen molar-refractivity contribution in [2.24, 2.45) is 0 Å². The van der Waals surface area contributed by atoms with Gasteiger partial charge in [0.25, 0.3) is 0 Å². The van der Waals surface area contributed by atoms with Crippen LogP contribution < -0.4 is 4.74 Å². The molecule has 0 saturated carbocycles. The van der Waals surface area contributed by atoms with E-state index >= 15 is 0 Å². The van der Waals surface area contributed by atoms with E-state index in [2.05, 4.69) is 20.9 Å². The van der Waals surface area contributed by atoms with E-state index in [1.54, 1.807) is 6.92 Å². The summed E-state index contributed by atoms with van der Waals surface area (Å²) in [5.74, 6) is 1.58. The number of hydrogen-bond acceptors (Lipinski definition) is 3. The van der Waals surface area contributed by atoms with E-state index in [1.165, 1.54) is 0 Å². The zero-order valence-corrected chi connectivity index (χ0v) is 15.0. The highest BCUT2D eigenvalue weighted by molar-refractivity contribution is 9.10. The van der Waals surface area contributed by atoms with Crippen molar-refractivity contribution < 1.29 is 9.53 Å². The summed E-state index contributed by atoms with van der Waals surface area (Å²) < 4.78 is 6.83.